The van der Waals surface area contributed by atoms with Crippen molar-refractivity contribution in [3.63, 3.8) is 0 Å². The van der Waals surface area contributed by atoms with Crippen molar-refractivity contribution in [2.24, 2.45) is 0 Å². The summed E-state index contributed by atoms with van der Waals surface area (Å²) in [6, 6.07) is 16.8. The molecule has 0 aliphatic rings. The van der Waals surface area contributed by atoms with E-state index in [0.29, 0.717) is 11.1 Å². The monoisotopic (exact) mass is 498 g/mol. The SMILES string of the molecule is O=C(CCC(=O)OC(c1ccccc1)c1ccccc1)OCC(F)(F)C(F)(F)C(F)(F)C(F)F. The Balaban J connectivity index is 1.96. The van der Waals surface area contributed by atoms with Crippen LogP contribution in [0.15, 0.2) is 60.7 Å². The van der Waals surface area contributed by atoms with Gasteiger partial charge in [0.05, 0.1) is 12.8 Å². The largest absolute Gasteiger partial charge is 0.459 e. The lowest BCUT2D eigenvalue weighted by Gasteiger charge is -2.31. The minimum Gasteiger partial charge on any atom is -0.459 e. The zero-order valence-electron chi connectivity index (χ0n) is 17.2. The minimum absolute atomic E-state index is 0.575. The van der Waals surface area contributed by atoms with Gasteiger partial charge in [-0.1, -0.05) is 60.7 Å². The van der Waals surface area contributed by atoms with Crippen LogP contribution in [-0.4, -0.2) is 42.7 Å². The molecule has 0 amide bonds. The molecule has 12 heteroatoms. The molecule has 2 rings (SSSR count). The normalized spacial score (nSPS) is 12.6. The van der Waals surface area contributed by atoms with E-state index in [1.807, 2.05) is 0 Å². The van der Waals surface area contributed by atoms with E-state index < -0.39 is 61.7 Å². The molecule has 2 aromatic rings. The van der Waals surface area contributed by atoms with Crippen molar-refractivity contribution in [1.29, 1.82) is 0 Å². The summed E-state index contributed by atoms with van der Waals surface area (Å²) < 4.78 is 112. The zero-order valence-corrected chi connectivity index (χ0v) is 17.2. The molecule has 2 aromatic carbocycles. The summed E-state index contributed by atoms with van der Waals surface area (Å²) in [6.45, 7) is -2.59. The molecule has 0 aliphatic carbocycles. The van der Waals surface area contributed by atoms with Gasteiger partial charge in [0.1, 0.15) is 0 Å². The molecule has 0 radical (unpaired) electrons. The first-order valence-corrected chi connectivity index (χ1v) is 9.66. The number of hydrogen-bond donors (Lipinski definition) is 0. The van der Waals surface area contributed by atoms with Crippen LogP contribution in [0.1, 0.15) is 30.1 Å². The smallest absolute Gasteiger partial charge is 0.381 e. The van der Waals surface area contributed by atoms with E-state index in [0.717, 1.165) is 0 Å². The van der Waals surface area contributed by atoms with E-state index in [1.54, 1.807) is 60.7 Å². The molecule has 0 aromatic heterocycles. The van der Waals surface area contributed by atoms with E-state index in [4.69, 9.17) is 4.74 Å². The summed E-state index contributed by atoms with van der Waals surface area (Å²) in [5, 5.41) is 0. The van der Waals surface area contributed by atoms with Crippen molar-refractivity contribution in [3.8, 4) is 0 Å². The predicted octanol–water partition coefficient (Wildman–Crippen LogP) is 5.81. The summed E-state index contributed by atoms with van der Waals surface area (Å²) in [6.07, 6.45) is -7.60. The second-order valence-electron chi connectivity index (χ2n) is 7.05. The fraction of sp³-hybridized carbons (Fsp3) is 0.364. The lowest BCUT2D eigenvalue weighted by Crippen LogP contribution is -2.59. The molecule has 0 atom stereocenters. The Bertz CT molecular complexity index is 912. The van der Waals surface area contributed by atoms with E-state index in [9.17, 15) is 44.7 Å². The summed E-state index contributed by atoms with van der Waals surface area (Å²) in [7, 11) is 0. The molecule has 34 heavy (non-hydrogen) atoms. The van der Waals surface area contributed by atoms with Gasteiger partial charge < -0.3 is 9.47 Å². The first-order chi connectivity index (χ1) is 15.8. The van der Waals surface area contributed by atoms with Gasteiger partial charge in [-0.15, -0.1) is 0 Å². The van der Waals surface area contributed by atoms with Crippen LogP contribution in [-0.2, 0) is 19.1 Å². The number of hydrogen-bond acceptors (Lipinski definition) is 4. The number of alkyl halides is 8. The number of carbonyl (C=O) groups excluding carboxylic acids is 2. The van der Waals surface area contributed by atoms with Crippen molar-refractivity contribution in [2.75, 3.05) is 6.61 Å². The quantitative estimate of drug-likeness (QED) is 0.290. The lowest BCUT2D eigenvalue weighted by atomic mass is 10.0. The van der Waals surface area contributed by atoms with Gasteiger partial charge in [0.15, 0.2) is 12.7 Å². The van der Waals surface area contributed by atoms with Crippen LogP contribution in [0.3, 0.4) is 0 Å². The van der Waals surface area contributed by atoms with Gasteiger partial charge >= 0.3 is 36.1 Å². The van der Waals surface area contributed by atoms with Gasteiger partial charge in [-0.05, 0) is 11.1 Å². The first-order valence-electron chi connectivity index (χ1n) is 9.66. The third-order valence-electron chi connectivity index (χ3n) is 4.55. The van der Waals surface area contributed by atoms with Crippen molar-refractivity contribution < 1.29 is 54.2 Å². The van der Waals surface area contributed by atoms with Gasteiger partial charge in [0.2, 0.25) is 0 Å². The van der Waals surface area contributed by atoms with Gasteiger partial charge in [0, 0.05) is 0 Å². The van der Waals surface area contributed by atoms with Crippen LogP contribution in [0.4, 0.5) is 35.1 Å². The highest BCUT2D eigenvalue weighted by atomic mass is 19.4. The molecular formula is C22H18F8O4. The Hall–Kier alpha value is -3.18. The molecule has 0 spiro atoms. The highest BCUT2D eigenvalue weighted by molar-refractivity contribution is 5.78. The number of ether oxygens (including phenoxy) is 2. The Labute approximate surface area is 188 Å². The van der Waals surface area contributed by atoms with E-state index in [1.165, 1.54) is 0 Å². The Morgan fingerprint density at radius 1 is 0.735 bits per heavy atom. The van der Waals surface area contributed by atoms with Gasteiger partial charge in [-0.2, -0.15) is 26.3 Å². The maximum Gasteiger partial charge on any atom is 0.381 e. The van der Waals surface area contributed by atoms with Gasteiger partial charge in [-0.3, -0.25) is 9.59 Å². The summed E-state index contributed by atoms with van der Waals surface area (Å²) in [5.41, 5.74) is 1.15. The number of esters is 2. The molecule has 4 nitrogen and oxygen atoms in total. The van der Waals surface area contributed by atoms with Crippen molar-refractivity contribution in [3.05, 3.63) is 71.8 Å². The highest BCUT2D eigenvalue weighted by Crippen LogP contribution is 2.48. The molecule has 186 valence electrons. The van der Waals surface area contributed by atoms with Gasteiger partial charge in [0.25, 0.3) is 0 Å². The fourth-order valence-corrected chi connectivity index (χ4v) is 2.69. The van der Waals surface area contributed by atoms with Crippen LogP contribution in [0.2, 0.25) is 0 Å². The van der Waals surface area contributed by atoms with E-state index in [2.05, 4.69) is 4.74 Å². The molecule has 0 saturated carbocycles. The molecule has 0 saturated heterocycles. The van der Waals surface area contributed by atoms with Crippen molar-refractivity contribution in [2.45, 2.75) is 43.1 Å². The maximum absolute atomic E-state index is 13.4. The zero-order chi connectivity index (χ0) is 25.6. The second kappa shape index (κ2) is 10.8. The average Bonchev–Trinajstić information content (AvgIpc) is 2.80. The van der Waals surface area contributed by atoms with Crippen LogP contribution >= 0.6 is 0 Å². The lowest BCUT2D eigenvalue weighted by molar-refractivity contribution is -0.344. The van der Waals surface area contributed by atoms with Crippen LogP contribution < -0.4 is 0 Å². The average molecular weight is 498 g/mol. The molecule has 0 unspecified atom stereocenters. The third-order valence-corrected chi connectivity index (χ3v) is 4.55. The van der Waals surface area contributed by atoms with Crippen LogP contribution in [0, 0.1) is 0 Å². The number of carbonyl (C=O) groups is 2. The predicted molar refractivity (Wildman–Crippen MR) is 102 cm³/mol. The number of rotatable bonds is 11. The Kier molecular flexibility index (Phi) is 8.62. The molecule has 0 N–H and O–H groups in total. The highest BCUT2D eigenvalue weighted by Gasteiger charge is 2.75. The molecule has 0 bridgehead atoms. The number of benzene rings is 2. The molecular weight excluding hydrogens is 480 g/mol. The Morgan fingerprint density at radius 2 is 1.18 bits per heavy atom. The maximum atomic E-state index is 13.4. The second-order valence-corrected chi connectivity index (χ2v) is 7.05. The first kappa shape index (κ1) is 27.1. The summed E-state index contributed by atoms with van der Waals surface area (Å²) >= 11 is 0. The molecule has 0 heterocycles. The van der Waals surface area contributed by atoms with Gasteiger partial charge in [-0.25, -0.2) is 8.78 Å². The third kappa shape index (κ3) is 6.23. The topological polar surface area (TPSA) is 52.6 Å². The van der Waals surface area contributed by atoms with Crippen molar-refractivity contribution in [1.82, 2.24) is 0 Å². The standard InChI is InChI=1S/C22H18F8O4/c23-19(24)21(27,28)22(29,30)20(25,26)13-33-16(31)11-12-17(32)34-18(14-7-3-1-4-8-14)15-9-5-2-6-10-15/h1-10,18-19H,11-13H2. The summed E-state index contributed by atoms with van der Waals surface area (Å²) in [4.78, 5) is 23.8. The van der Waals surface area contributed by atoms with Crippen molar-refractivity contribution >= 4 is 11.9 Å². The minimum atomic E-state index is -6.49. The Morgan fingerprint density at radius 3 is 1.62 bits per heavy atom. The molecule has 0 fully saturated rings. The van der Waals surface area contributed by atoms with Crippen LogP contribution in [0.5, 0.6) is 0 Å². The number of halogens is 8. The van der Waals surface area contributed by atoms with Crippen LogP contribution in [0.25, 0.3) is 0 Å². The van der Waals surface area contributed by atoms with E-state index >= 15 is 0 Å². The molecule has 0 aliphatic heterocycles. The summed E-state index contributed by atoms with van der Waals surface area (Å²) in [5.74, 6) is -21.3. The van der Waals surface area contributed by atoms with E-state index in [-0.39, 0.29) is 0 Å². The fourth-order valence-electron chi connectivity index (χ4n) is 2.69.